The number of amidine groups is 2. The second-order valence-electron chi connectivity index (χ2n) is 2.88. The van der Waals surface area contributed by atoms with Crippen molar-refractivity contribution in [1.29, 1.82) is 10.8 Å². The van der Waals surface area contributed by atoms with Gasteiger partial charge in [-0.1, -0.05) is 0 Å². The molecular weight excluding hydrogens is 458 g/mol. The molecule has 1 aromatic rings. The van der Waals surface area contributed by atoms with Crippen molar-refractivity contribution in [2.75, 3.05) is 0 Å². The Bertz CT molecular complexity index is 464. The lowest BCUT2D eigenvalue weighted by atomic mass is 10.1. The molecule has 2 rings (SSSR count). The van der Waals surface area contributed by atoms with Crippen molar-refractivity contribution in [3.8, 4) is 0 Å². The third kappa shape index (κ3) is 1.64. The molecule has 0 spiro atoms. The molecule has 0 aliphatic carbocycles. The van der Waals surface area contributed by atoms with Crippen LogP contribution in [0.5, 0.6) is 0 Å². The summed E-state index contributed by atoms with van der Waals surface area (Å²) in [5.74, 6) is 0.464. The lowest BCUT2D eigenvalue weighted by Crippen LogP contribution is -2.20. The van der Waals surface area contributed by atoms with E-state index in [1.807, 2.05) is 0 Å². The van der Waals surface area contributed by atoms with Gasteiger partial charge in [0.1, 0.15) is 11.7 Å². The molecule has 0 radical (unpaired) electrons. The molecule has 7 heteroatoms. The van der Waals surface area contributed by atoms with Crippen molar-refractivity contribution in [3.05, 3.63) is 29.0 Å². The lowest BCUT2D eigenvalue weighted by molar-refractivity contribution is 1.29. The molecule has 0 atom stereocenters. The molecule has 0 unspecified atom stereocenters. The third-order valence-electron chi connectivity index (χ3n) is 2.02. The molecule has 15 heavy (non-hydrogen) atoms. The molecule has 0 bridgehead atoms. The van der Waals surface area contributed by atoms with Crippen molar-refractivity contribution < 1.29 is 0 Å². The molecule has 0 amide bonds. The van der Waals surface area contributed by atoms with E-state index in [4.69, 9.17) is 10.8 Å². The molecule has 1 aliphatic heterocycles. The zero-order chi connectivity index (χ0) is 11.3. The molecule has 1 aliphatic rings. The van der Waals surface area contributed by atoms with Crippen LogP contribution >= 0.6 is 63.7 Å². The number of hydrogen-bond acceptors (Lipinski definition) is 2. The first-order valence-electron chi connectivity index (χ1n) is 3.76. The highest BCUT2D eigenvalue weighted by molar-refractivity contribution is 9.15. The van der Waals surface area contributed by atoms with Gasteiger partial charge in [-0.2, -0.15) is 0 Å². The zero-order valence-electron chi connectivity index (χ0n) is 7.01. The summed E-state index contributed by atoms with van der Waals surface area (Å²) in [5.41, 5.74) is 1.39. The predicted octanol–water partition coefficient (Wildman–Crippen LogP) is 3.99. The monoisotopic (exact) mass is 457 g/mol. The Morgan fingerprint density at radius 1 is 0.667 bits per heavy atom. The summed E-state index contributed by atoms with van der Waals surface area (Å²) >= 11 is 13.6. The van der Waals surface area contributed by atoms with E-state index in [1.165, 1.54) is 0 Å². The smallest absolute Gasteiger partial charge is 0.133 e. The second kappa shape index (κ2) is 3.94. The molecule has 0 saturated heterocycles. The predicted molar refractivity (Wildman–Crippen MR) is 74.0 cm³/mol. The number of halogens is 4. The van der Waals surface area contributed by atoms with Gasteiger partial charge in [-0.25, -0.2) is 0 Å². The van der Waals surface area contributed by atoms with E-state index in [0.717, 1.165) is 17.9 Å². The molecule has 0 aromatic heterocycles. The van der Waals surface area contributed by atoms with E-state index >= 15 is 0 Å². The fourth-order valence-electron chi connectivity index (χ4n) is 1.35. The van der Waals surface area contributed by atoms with E-state index in [0.29, 0.717) is 11.1 Å². The van der Waals surface area contributed by atoms with Gasteiger partial charge in [0.05, 0.1) is 0 Å². The molecule has 0 saturated carbocycles. The Balaban J connectivity index is 2.92. The summed E-state index contributed by atoms with van der Waals surface area (Å²) in [4.78, 5) is 0. The van der Waals surface area contributed by atoms with Gasteiger partial charge in [-0.3, -0.25) is 10.8 Å². The Morgan fingerprint density at radius 2 is 1.00 bits per heavy atom. The van der Waals surface area contributed by atoms with Crippen molar-refractivity contribution in [1.82, 2.24) is 5.32 Å². The molecule has 1 heterocycles. The highest BCUT2D eigenvalue weighted by Gasteiger charge is 2.29. The molecule has 0 fully saturated rings. The summed E-state index contributed by atoms with van der Waals surface area (Å²) in [6, 6.07) is 0. The van der Waals surface area contributed by atoms with Gasteiger partial charge in [0.2, 0.25) is 0 Å². The Labute approximate surface area is 120 Å². The second-order valence-corrected chi connectivity index (χ2v) is 6.05. The fraction of sp³-hybridized carbons (Fsp3) is 0. The van der Waals surface area contributed by atoms with Crippen molar-refractivity contribution >= 4 is 75.4 Å². The average Bonchev–Trinajstić information content (AvgIpc) is 2.47. The third-order valence-corrected chi connectivity index (χ3v) is 6.79. The van der Waals surface area contributed by atoms with Crippen LogP contribution in [0.1, 0.15) is 11.1 Å². The van der Waals surface area contributed by atoms with Crippen LogP contribution in [0.15, 0.2) is 17.9 Å². The van der Waals surface area contributed by atoms with E-state index in [2.05, 4.69) is 69.0 Å². The van der Waals surface area contributed by atoms with Gasteiger partial charge < -0.3 is 5.32 Å². The minimum atomic E-state index is 0.232. The average molecular weight is 461 g/mol. The molecule has 1 aromatic carbocycles. The molecule has 3 N–H and O–H groups in total. The van der Waals surface area contributed by atoms with Crippen LogP contribution in [-0.4, -0.2) is 11.7 Å². The van der Waals surface area contributed by atoms with Crippen LogP contribution in [0.2, 0.25) is 0 Å². The Hall–Kier alpha value is 0.280. The minimum Gasteiger partial charge on any atom is -0.325 e. The highest BCUT2D eigenvalue weighted by Crippen LogP contribution is 2.43. The van der Waals surface area contributed by atoms with Gasteiger partial charge in [0.15, 0.2) is 0 Å². The van der Waals surface area contributed by atoms with Crippen molar-refractivity contribution in [2.45, 2.75) is 0 Å². The minimum absolute atomic E-state index is 0.232. The van der Waals surface area contributed by atoms with Crippen molar-refractivity contribution in [2.24, 2.45) is 0 Å². The van der Waals surface area contributed by atoms with Crippen LogP contribution in [-0.2, 0) is 0 Å². The van der Waals surface area contributed by atoms with Gasteiger partial charge in [0, 0.05) is 29.0 Å². The van der Waals surface area contributed by atoms with Gasteiger partial charge in [0.25, 0.3) is 0 Å². The first-order valence-corrected chi connectivity index (χ1v) is 6.93. The molecule has 3 nitrogen and oxygen atoms in total. The molecular formula is C8H3Br4N3. The van der Waals surface area contributed by atoms with Crippen LogP contribution < -0.4 is 5.32 Å². The number of nitrogens with one attached hydrogen (secondary N) is 3. The largest absolute Gasteiger partial charge is 0.325 e. The topological polar surface area (TPSA) is 59.7 Å². The fourth-order valence-corrected chi connectivity index (χ4v) is 3.87. The SMILES string of the molecule is N=C1NC(=N)c2c(Br)c(Br)c(Br)c(Br)c21. The summed E-state index contributed by atoms with van der Waals surface area (Å²) in [6.45, 7) is 0. The highest BCUT2D eigenvalue weighted by atomic mass is 79.9. The number of benzene rings is 1. The van der Waals surface area contributed by atoms with Crippen LogP contribution in [0.25, 0.3) is 0 Å². The van der Waals surface area contributed by atoms with Gasteiger partial charge >= 0.3 is 0 Å². The zero-order valence-corrected chi connectivity index (χ0v) is 13.4. The quantitative estimate of drug-likeness (QED) is 0.398. The maximum absolute atomic E-state index is 7.73. The summed E-state index contributed by atoms with van der Waals surface area (Å²) in [6.07, 6.45) is 0. The maximum atomic E-state index is 7.73. The first-order chi connectivity index (χ1) is 6.95. The number of rotatable bonds is 0. The summed E-state index contributed by atoms with van der Waals surface area (Å²) in [5, 5.41) is 18.1. The number of hydrogen-bond donors (Lipinski definition) is 3. The normalized spacial score (nSPS) is 14.1. The van der Waals surface area contributed by atoms with E-state index in [-0.39, 0.29) is 11.7 Å². The van der Waals surface area contributed by atoms with Crippen LogP contribution in [0.3, 0.4) is 0 Å². The van der Waals surface area contributed by atoms with E-state index in [1.54, 1.807) is 0 Å². The van der Waals surface area contributed by atoms with E-state index in [9.17, 15) is 0 Å². The van der Waals surface area contributed by atoms with Crippen molar-refractivity contribution in [3.63, 3.8) is 0 Å². The molecule has 78 valence electrons. The number of fused-ring (bicyclic) bond motifs is 1. The summed E-state index contributed by atoms with van der Waals surface area (Å²) in [7, 11) is 0. The maximum Gasteiger partial charge on any atom is 0.133 e. The van der Waals surface area contributed by atoms with Gasteiger partial charge in [-0.05, 0) is 63.7 Å². The van der Waals surface area contributed by atoms with Gasteiger partial charge in [-0.15, -0.1) is 0 Å². The van der Waals surface area contributed by atoms with Crippen LogP contribution in [0.4, 0.5) is 0 Å². The summed E-state index contributed by atoms with van der Waals surface area (Å²) < 4.78 is 3.20. The van der Waals surface area contributed by atoms with Crippen LogP contribution in [0, 0.1) is 10.8 Å². The Morgan fingerprint density at radius 3 is 1.33 bits per heavy atom. The van der Waals surface area contributed by atoms with E-state index < -0.39 is 0 Å². The Kier molecular flexibility index (Phi) is 3.09. The standard InChI is InChI=1S/C8H3Br4N3/c9-3-1-2(8(14)15-7(1)13)4(10)6(12)5(3)11/h(H3,13,14,15). The first kappa shape index (κ1) is 11.8. The lowest BCUT2D eigenvalue weighted by Gasteiger charge is -2.09.